The van der Waals surface area contributed by atoms with Crippen LogP contribution in [0.2, 0.25) is 10.0 Å². The molecule has 32 heavy (non-hydrogen) atoms. The number of hydrogen-bond acceptors (Lipinski definition) is 6. The molecule has 0 saturated heterocycles. The van der Waals surface area contributed by atoms with Gasteiger partial charge in [-0.1, -0.05) is 41.0 Å². The van der Waals surface area contributed by atoms with E-state index in [4.69, 9.17) is 27.9 Å². The molecule has 166 valence electrons. The fourth-order valence-electron chi connectivity index (χ4n) is 2.47. The zero-order chi connectivity index (χ0) is 23.3. The van der Waals surface area contributed by atoms with Crippen LogP contribution in [0.4, 0.5) is 11.4 Å². The third-order valence-corrected chi connectivity index (χ3v) is 6.51. The number of anilines is 1. The number of thioether (sulfide) groups is 1. The molecule has 0 aliphatic heterocycles. The van der Waals surface area contributed by atoms with Gasteiger partial charge in [-0.25, -0.2) is 0 Å². The summed E-state index contributed by atoms with van der Waals surface area (Å²) in [6.45, 7) is 0. The summed E-state index contributed by atoms with van der Waals surface area (Å²) >= 11 is 13.0. The van der Waals surface area contributed by atoms with Crippen LogP contribution in [0.1, 0.15) is 0 Å². The summed E-state index contributed by atoms with van der Waals surface area (Å²) in [5.74, 6) is 0.0399. The molecular formula is C20H15Cl2N3O5S2. The summed E-state index contributed by atoms with van der Waals surface area (Å²) in [6.07, 6.45) is 1.69. The van der Waals surface area contributed by atoms with Crippen LogP contribution >= 0.6 is 35.0 Å². The molecule has 0 spiro atoms. The normalized spacial score (nSPS) is 11.8. The smallest absolute Gasteiger partial charge is 0.313 e. The Kier molecular flexibility index (Phi) is 7.62. The molecule has 0 amide bonds. The first-order valence-corrected chi connectivity index (χ1v) is 12.2. The molecule has 0 aromatic heterocycles. The van der Waals surface area contributed by atoms with Crippen molar-refractivity contribution in [2.45, 2.75) is 4.90 Å². The van der Waals surface area contributed by atoms with Crippen LogP contribution in [-0.4, -0.2) is 24.8 Å². The van der Waals surface area contributed by atoms with E-state index in [2.05, 4.69) is 9.71 Å². The minimum Gasteiger partial charge on any atom is -0.449 e. The maximum atomic E-state index is 12.7. The summed E-state index contributed by atoms with van der Waals surface area (Å²) < 4.78 is 34.8. The van der Waals surface area contributed by atoms with Gasteiger partial charge in [0.1, 0.15) is 5.75 Å². The fourth-order valence-corrected chi connectivity index (χ4v) is 4.47. The van der Waals surface area contributed by atoms with Gasteiger partial charge in [-0.15, -0.1) is 4.40 Å². The molecule has 0 bridgehead atoms. The number of benzene rings is 3. The topological polar surface area (TPSA) is 111 Å². The van der Waals surface area contributed by atoms with Crippen molar-refractivity contribution in [2.24, 2.45) is 4.40 Å². The highest BCUT2D eigenvalue weighted by Crippen LogP contribution is 2.38. The first kappa shape index (κ1) is 23.9. The second kappa shape index (κ2) is 10.2. The van der Waals surface area contributed by atoms with Gasteiger partial charge in [0, 0.05) is 16.8 Å². The van der Waals surface area contributed by atoms with Crippen LogP contribution < -0.4 is 10.1 Å². The summed E-state index contributed by atoms with van der Waals surface area (Å²) in [6, 6.07) is 16.2. The maximum absolute atomic E-state index is 12.7. The Morgan fingerprint density at radius 1 is 1.06 bits per heavy atom. The highest BCUT2D eigenvalue weighted by Gasteiger charge is 2.20. The van der Waals surface area contributed by atoms with Crippen LogP contribution in [0.15, 0.2) is 76.0 Å². The van der Waals surface area contributed by atoms with Gasteiger partial charge in [0.2, 0.25) is 5.75 Å². The average molecular weight is 512 g/mol. The molecule has 0 radical (unpaired) electrons. The second-order valence-electron chi connectivity index (χ2n) is 6.13. The van der Waals surface area contributed by atoms with E-state index >= 15 is 0 Å². The number of nitro groups is 1. The Balaban J connectivity index is 1.82. The van der Waals surface area contributed by atoms with Gasteiger partial charge in [-0.3, -0.25) is 10.1 Å². The number of amidine groups is 1. The fraction of sp³-hybridized carbons (Fsp3) is 0.0500. The number of sulfonamides is 1. The van der Waals surface area contributed by atoms with E-state index in [1.54, 1.807) is 30.5 Å². The first-order valence-electron chi connectivity index (χ1n) is 8.82. The number of nitrogens with one attached hydrogen (secondary N) is 1. The average Bonchev–Trinajstić information content (AvgIpc) is 2.76. The van der Waals surface area contributed by atoms with Gasteiger partial charge in [0.05, 0.1) is 14.8 Å². The molecule has 12 heteroatoms. The van der Waals surface area contributed by atoms with E-state index in [9.17, 15) is 18.5 Å². The van der Waals surface area contributed by atoms with Crippen molar-refractivity contribution >= 4 is 61.5 Å². The van der Waals surface area contributed by atoms with Crippen LogP contribution in [-0.2, 0) is 10.0 Å². The number of hydrogen-bond donors (Lipinski definition) is 1. The van der Waals surface area contributed by atoms with E-state index in [1.165, 1.54) is 42.5 Å². The van der Waals surface area contributed by atoms with Crippen molar-refractivity contribution in [3.63, 3.8) is 0 Å². The third kappa shape index (κ3) is 5.92. The van der Waals surface area contributed by atoms with E-state index in [0.29, 0.717) is 10.7 Å². The molecule has 0 fully saturated rings. The maximum Gasteiger partial charge on any atom is 0.313 e. The van der Waals surface area contributed by atoms with Gasteiger partial charge in [-0.2, -0.15) is 8.42 Å². The summed E-state index contributed by atoms with van der Waals surface area (Å²) in [5, 5.41) is 14.9. The van der Waals surface area contributed by atoms with Crippen molar-refractivity contribution < 1.29 is 18.1 Å². The lowest BCUT2D eigenvalue weighted by Crippen LogP contribution is -2.11. The van der Waals surface area contributed by atoms with Gasteiger partial charge in [0.25, 0.3) is 10.0 Å². The van der Waals surface area contributed by atoms with Crippen molar-refractivity contribution in [1.82, 2.24) is 0 Å². The lowest BCUT2D eigenvalue weighted by molar-refractivity contribution is -0.385. The Labute approximate surface area is 198 Å². The van der Waals surface area contributed by atoms with E-state index < -0.39 is 14.9 Å². The number of halogens is 2. The van der Waals surface area contributed by atoms with Gasteiger partial charge in [0.15, 0.2) is 5.17 Å². The molecule has 3 aromatic rings. The number of nitro benzene ring substituents is 1. The van der Waals surface area contributed by atoms with Gasteiger partial charge >= 0.3 is 5.69 Å². The van der Waals surface area contributed by atoms with Crippen molar-refractivity contribution in [1.29, 1.82) is 0 Å². The molecule has 3 rings (SSSR count). The standard InChI is InChI=1S/C20H15Cl2N3O5S2/c1-31-20(23-14-7-5-13(21)6-8-14)24-32(28,29)16-11-9-15(10-12-16)30-19-17(22)3-2-4-18(19)25(26)27/h2-12H,1H3,(H,23,24). The predicted octanol–water partition coefficient (Wildman–Crippen LogP) is 6.21. The van der Waals surface area contributed by atoms with Crippen LogP contribution in [0, 0.1) is 10.1 Å². The van der Waals surface area contributed by atoms with E-state index in [0.717, 1.165) is 11.8 Å². The van der Waals surface area contributed by atoms with Gasteiger partial charge < -0.3 is 10.1 Å². The SMILES string of the molecule is CS/C(=N\S(=O)(=O)c1ccc(Oc2c(Cl)cccc2[N+](=O)[O-])cc1)Nc1ccc(Cl)cc1. The molecule has 0 unspecified atom stereocenters. The third-order valence-electron chi connectivity index (χ3n) is 3.98. The first-order chi connectivity index (χ1) is 15.2. The van der Waals surface area contributed by atoms with Crippen molar-refractivity contribution in [2.75, 3.05) is 11.6 Å². The van der Waals surface area contributed by atoms with Crippen LogP contribution in [0.3, 0.4) is 0 Å². The number of para-hydroxylation sites is 1. The second-order valence-corrected chi connectivity index (χ2v) is 9.37. The lowest BCUT2D eigenvalue weighted by atomic mass is 10.3. The Bertz CT molecular complexity index is 1270. The monoisotopic (exact) mass is 511 g/mol. The quantitative estimate of drug-likeness (QED) is 0.181. The summed E-state index contributed by atoms with van der Waals surface area (Å²) in [5.41, 5.74) is 0.319. The molecule has 0 saturated carbocycles. The molecular weight excluding hydrogens is 497 g/mol. The molecule has 3 aromatic carbocycles. The minimum absolute atomic E-state index is 0.0541. The predicted molar refractivity (Wildman–Crippen MR) is 128 cm³/mol. The molecule has 8 nitrogen and oxygen atoms in total. The van der Waals surface area contributed by atoms with Gasteiger partial charge in [-0.05, 0) is 60.9 Å². The summed E-state index contributed by atoms with van der Waals surface area (Å²) in [4.78, 5) is 10.5. The number of rotatable bonds is 6. The molecule has 1 N–H and O–H groups in total. The Morgan fingerprint density at radius 3 is 2.31 bits per heavy atom. The van der Waals surface area contributed by atoms with Crippen molar-refractivity contribution in [3.8, 4) is 11.5 Å². The Hall–Kier alpha value is -2.79. The number of ether oxygens (including phenoxy) is 1. The highest BCUT2D eigenvalue weighted by molar-refractivity contribution is 8.14. The Morgan fingerprint density at radius 2 is 1.72 bits per heavy atom. The largest absolute Gasteiger partial charge is 0.449 e. The van der Waals surface area contributed by atoms with E-state index in [1.807, 2.05) is 0 Å². The lowest BCUT2D eigenvalue weighted by Gasteiger charge is -2.09. The molecule has 0 aliphatic carbocycles. The minimum atomic E-state index is -4.03. The molecule has 0 heterocycles. The zero-order valence-electron chi connectivity index (χ0n) is 16.4. The summed E-state index contributed by atoms with van der Waals surface area (Å²) in [7, 11) is -4.03. The van der Waals surface area contributed by atoms with Crippen LogP contribution in [0.5, 0.6) is 11.5 Å². The highest BCUT2D eigenvalue weighted by atomic mass is 35.5. The van der Waals surface area contributed by atoms with Crippen LogP contribution in [0.25, 0.3) is 0 Å². The molecule has 0 aliphatic rings. The molecule has 0 atom stereocenters. The zero-order valence-corrected chi connectivity index (χ0v) is 19.5. The van der Waals surface area contributed by atoms with Crippen molar-refractivity contribution in [3.05, 3.63) is 86.9 Å². The number of nitrogens with zero attached hydrogens (tertiary/aromatic N) is 2. The van der Waals surface area contributed by atoms with E-state index in [-0.39, 0.29) is 32.3 Å².